The molecule has 0 aromatic carbocycles. The van der Waals surface area contributed by atoms with Crippen molar-refractivity contribution < 1.29 is 19.4 Å². The number of ether oxygens (including phenoxy) is 1. The van der Waals surface area contributed by atoms with Crippen LogP contribution < -0.4 is 0 Å². The molecule has 0 saturated heterocycles. The average Bonchev–Trinajstić information content (AvgIpc) is 2.35. The number of carbonyl (C=O) groups is 2. The Labute approximate surface area is 115 Å². The monoisotopic (exact) mass is 270 g/mol. The van der Waals surface area contributed by atoms with Gasteiger partial charge in [0.25, 0.3) is 0 Å². The number of carboxylic acids is 1. The van der Waals surface area contributed by atoms with Crippen LogP contribution in [0, 0.1) is 17.8 Å². The second-order valence-corrected chi connectivity index (χ2v) is 6.12. The van der Waals surface area contributed by atoms with Gasteiger partial charge in [0.2, 0.25) is 6.10 Å². The predicted molar refractivity (Wildman–Crippen MR) is 72.7 cm³/mol. The molecule has 0 bridgehead atoms. The van der Waals surface area contributed by atoms with E-state index in [9.17, 15) is 14.7 Å². The summed E-state index contributed by atoms with van der Waals surface area (Å²) in [5, 5.41) is 9.26. The third-order valence-electron chi connectivity index (χ3n) is 3.79. The number of esters is 1. The van der Waals surface area contributed by atoms with Crippen LogP contribution in [0.4, 0.5) is 0 Å². The molecule has 4 heteroatoms. The fourth-order valence-electron chi connectivity index (χ4n) is 2.83. The van der Waals surface area contributed by atoms with Gasteiger partial charge in [-0.25, -0.2) is 4.79 Å². The maximum Gasteiger partial charge on any atom is 0.345 e. The molecule has 1 saturated carbocycles. The van der Waals surface area contributed by atoms with Crippen LogP contribution >= 0.6 is 0 Å². The highest BCUT2D eigenvalue weighted by atomic mass is 16.6. The Morgan fingerprint density at radius 3 is 2.21 bits per heavy atom. The van der Waals surface area contributed by atoms with Crippen LogP contribution in [-0.2, 0) is 14.3 Å². The Morgan fingerprint density at radius 1 is 1.16 bits per heavy atom. The third-order valence-corrected chi connectivity index (χ3v) is 3.79. The van der Waals surface area contributed by atoms with Gasteiger partial charge >= 0.3 is 11.9 Å². The molecule has 1 N–H and O–H groups in total. The van der Waals surface area contributed by atoms with Crippen molar-refractivity contribution in [2.75, 3.05) is 0 Å². The lowest BCUT2D eigenvalue weighted by Gasteiger charge is -2.28. The normalized spacial score (nSPS) is 20.0. The summed E-state index contributed by atoms with van der Waals surface area (Å²) in [6, 6.07) is 0. The third kappa shape index (κ3) is 5.21. The molecule has 19 heavy (non-hydrogen) atoms. The van der Waals surface area contributed by atoms with Crippen molar-refractivity contribution in [1.29, 1.82) is 0 Å². The first-order chi connectivity index (χ1) is 8.91. The molecule has 0 aliphatic heterocycles. The molecule has 0 aromatic rings. The van der Waals surface area contributed by atoms with Crippen LogP contribution in [0.15, 0.2) is 0 Å². The fourth-order valence-corrected chi connectivity index (χ4v) is 2.83. The molecular formula is C15H26O4. The fraction of sp³-hybridized carbons (Fsp3) is 0.867. The lowest BCUT2D eigenvalue weighted by Crippen LogP contribution is -2.37. The average molecular weight is 270 g/mol. The zero-order valence-corrected chi connectivity index (χ0v) is 12.2. The maximum absolute atomic E-state index is 12.0. The molecule has 0 heterocycles. The molecule has 1 fully saturated rings. The van der Waals surface area contributed by atoms with Gasteiger partial charge in [-0.2, -0.15) is 0 Å². The Bertz CT molecular complexity index is 305. The van der Waals surface area contributed by atoms with Crippen LogP contribution in [0.2, 0.25) is 0 Å². The van der Waals surface area contributed by atoms with Gasteiger partial charge < -0.3 is 9.84 Å². The van der Waals surface area contributed by atoms with Gasteiger partial charge in [-0.15, -0.1) is 0 Å². The molecular weight excluding hydrogens is 244 g/mol. The van der Waals surface area contributed by atoms with Crippen LogP contribution in [0.25, 0.3) is 0 Å². The molecule has 1 aliphatic carbocycles. The Balaban J connectivity index is 2.57. The van der Waals surface area contributed by atoms with E-state index >= 15 is 0 Å². The van der Waals surface area contributed by atoms with E-state index in [4.69, 9.17) is 4.74 Å². The number of aliphatic carboxylic acids is 1. The summed E-state index contributed by atoms with van der Waals surface area (Å²) in [4.78, 5) is 23.3. The van der Waals surface area contributed by atoms with Crippen molar-refractivity contribution >= 4 is 11.9 Å². The highest BCUT2D eigenvalue weighted by Gasteiger charge is 2.33. The summed E-state index contributed by atoms with van der Waals surface area (Å²) in [5.74, 6) is -1.21. The zero-order valence-electron chi connectivity index (χ0n) is 12.2. The summed E-state index contributed by atoms with van der Waals surface area (Å²) in [6.45, 7) is 5.89. The first kappa shape index (κ1) is 16.0. The second-order valence-electron chi connectivity index (χ2n) is 6.12. The lowest BCUT2D eigenvalue weighted by atomic mass is 9.85. The molecule has 0 radical (unpaired) electrons. The minimum Gasteiger partial charge on any atom is -0.478 e. The van der Waals surface area contributed by atoms with Gasteiger partial charge in [0.1, 0.15) is 0 Å². The minimum atomic E-state index is -1.00. The van der Waals surface area contributed by atoms with Crippen molar-refractivity contribution in [3.8, 4) is 0 Å². The molecule has 1 aliphatic rings. The van der Waals surface area contributed by atoms with Gasteiger partial charge in [-0.05, 0) is 25.2 Å². The standard InChI is InChI=1S/C15H26O4/c1-10(2)9-11(3)15(18)19-13(14(16)17)12-7-5-4-6-8-12/h10-13H,4-9H2,1-3H3,(H,16,17). The Hall–Kier alpha value is -1.06. The number of rotatable bonds is 6. The molecule has 110 valence electrons. The topological polar surface area (TPSA) is 63.6 Å². The predicted octanol–water partition coefficient (Wildman–Crippen LogP) is 3.25. The van der Waals surface area contributed by atoms with Crippen LogP contribution in [-0.4, -0.2) is 23.1 Å². The zero-order chi connectivity index (χ0) is 14.4. The van der Waals surface area contributed by atoms with Crippen molar-refractivity contribution in [3.05, 3.63) is 0 Å². The molecule has 0 spiro atoms. The van der Waals surface area contributed by atoms with Crippen LogP contribution in [0.3, 0.4) is 0 Å². The van der Waals surface area contributed by atoms with E-state index in [0.29, 0.717) is 5.92 Å². The molecule has 2 atom stereocenters. The van der Waals surface area contributed by atoms with Gasteiger partial charge in [0.15, 0.2) is 0 Å². The van der Waals surface area contributed by atoms with E-state index in [0.717, 1.165) is 38.5 Å². The first-order valence-corrected chi connectivity index (χ1v) is 7.35. The lowest BCUT2D eigenvalue weighted by molar-refractivity contribution is -0.171. The summed E-state index contributed by atoms with van der Waals surface area (Å²) in [7, 11) is 0. The smallest absolute Gasteiger partial charge is 0.345 e. The number of hydrogen-bond acceptors (Lipinski definition) is 3. The number of hydrogen-bond donors (Lipinski definition) is 1. The van der Waals surface area contributed by atoms with Crippen molar-refractivity contribution in [3.63, 3.8) is 0 Å². The molecule has 4 nitrogen and oxygen atoms in total. The van der Waals surface area contributed by atoms with Gasteiger partial charge in [0, 0.05) is 5.92 Å². The number of carbonyl (C=O) groups excluding carboxylic acids is 1. The summed E-state index contributed by atoms with van der Waals surface area (Å²) in [6.07, 6.45) is 4.70. The Kier molecular flexibility index (Phi) is 6.32. The van der Waals surface area contributed by atoms with Crippen molar-refractivity contribution in [2.24, 2.45) is 17.8 Å². The highest BCUT2D eigenvalue weighted by Crippen LogP contribution is 2.29. The highest BCUT2D eigenvalue weighted by molar-refractivity contribution is 5.79. The van der Waals surface area contributed by atoms with E-state index in [1.165, 1.54) is 0 Å². The van der Waals surface area contributed by atoms with E-state index < -0.39 is 12.1 Å². The van der Waals surface area contributed by atoms with E-state index in [-0.39, 0.29) is 17.8 Å². The van der Waals surface area contributed by atoms with Crippen LogP contribution in [0.1, 0.15) is 59.3 Å². The molecule has 0 aromatic heterocycles. The molecule has 1 rings (SSSR count). The maximum atomic E-state index is 12.0. The van der Waals surface area contributed by atoms with Crippen LogP contribution in [0.5, 0.6) is 0 Å². The first-order valence-electron chi connectivity index (χ1n) is 7.35. The summed E-state index contributed by atoms with van der Waals surface area (Å²) < 4.78 is 5.28. The van der Waals surface area contributed by atoms with E-state index in [1.807, 2.05) is 20.8 Å². The van der Waals surface area contributed by atoms with Gasteiger partial charge in [-0.1, -0.05) is 40.0 Å². The molecule has 0 amide bonds. The summed E-state index contributed by atoms with van der Waals surface area (Å²) in [5.41, 5.74) is 0. The molecule has 2 unspecified atom stereocenters. The largest absolute Gasteiger partial charge is 0.478 e. The SMILES string of the molecule is CC(C)CC(C)C(=O)OC(C(=O)O)C1CCCCC1. The van der Waals surface area contributed by atoms with Crippen molar-refractivity contribution in [2.45, 2.75) is 65.4 Å². The number of carboxylic acid groups (broad SMARTS) is 1. The van der Waals surface area contributed by atoms with Gasteiger partial charge in [-0.3, -0.25) is 4.79 Å². The quantitative estimate of drug-likeness (QED) is 0.752. The van der Waals surface area contributed by atoms with E-state index in [1.54, 1.807) is 0 Å². The van der Waals surface area contributed by atoms with Gasteiger partial charge in [0.05, 0.1) is 5.92 Å². The van der Waals surface area contributed by atoms with E-state index in [2.05, 4.69) is 0 Å². The van der Waals surface area contributed by atoms with Crippen molar-refractivity contribution in [1.82, 2.24) is 0 Å². The minimum absolute atomic E-state index is 0.0125. The second kappa shape index (κ2) is 7.51. The summed E-state index contributed by atoms with van der Waals surface area (Å²) >= 11 is 0. The Morgan fingerprint density at radius 2 is 1.74 bits per heavy atom.